The molecule has 102 valence electrons. The van der Waals surface area contributed by atoms with Gasteiger partial charge >= 0.3 is 0 Å². The van der Waals surface area contributed by atoms with Crippen molar-refractivity contribution >= 4 is 21.7 Å². The van der Waals surface area contributed by atoms with Crippen LogP contribution in [0.3, 0.4) is 0 Å². The first-order valence-electron chi connectivity index (χ1n) is 6.67. The molecule has 2 unspecified atom stereocenters. The van der Waals surface area contributed by atoms with Crippen LogP contribution in [0.5, 0.6) is 0 Å². The standard InChI is InChI=1S/C17H14BrFO/c18-16-9-13(19)7-6-12(16)8-17(20)15-10-14(15)11-4-2-1-3-5-11/h1-7,9,14-15H,8,10H2. The number of hydrogen-bond donors (Lipinski definition) is 0. The number of hydrogen-bond acceptors (Lipinski definition) is 1. The van der Waals surface area contributed by atoms with Crippen LogP contribution in [-0.2, 0) is 11.2 Å². The van der Waals surface area contributed by atoms with Crippen LogP contribution in [0.15, 0.2) is 53.0 Å². The zero-order chi connectivity index (χ0) is 14.1. The van der Waals surface area contributed by atoms with Gasteiger partial charge in [-0.2, -0.15) is 0 Å². The Bertz CT molecular complexity index is 639. The van der Waals surface area contributed by atoms with Crippen molar-refractivity contribution in [3.8, 4) is 0 Å². The first-order valence-corrected chi connectivity index (χ1v) is 7.46. The van der Waals surface area contributed by atoms with Crippen molar-refractivity contribution in [1.29, 1.82) is 0 Å². The molecule has 1 saturated carbocycles. The summed E-state index contributed by atoms with van der Waals surface area (Å²) < 4.78 is 13.7. The van der Waals surface area contributed by atoms with E-state index in [4.69, 9.17) is 0 Å². The highest BCUT2D eigenvalue weighted by Gasteiger charge is 2.43. The predicted molar refractivity (Wildman–Crippen MR) is 80.1 cm³/mol. The van der Waals surface area contributed by atoms with Crippen LogP contribution in [0.25, 0.3) is 0 Å². The van der Waals surface area contributed by atoms with E-state index in [0.29, 0.717) is 16.8 Å². The molecule has 3 heteroatoms. The third-order valence-corrected chi connectivity index (χ3v) is 4.55. The first-order chi connectivity index (χ1) is 9.65. The van der Waals surface area contributed by atoms with E-state index >= 15 is 0 Å². The van der Waals surface area contributed by atoms with Gasteiger partial charge in [0.2, 0.25) is 0 Å². The van der Waals surface area contributed by atoms with Crippen LogP contribution in [-0.4, -0.2) is 5.78 Å². The Balaban J connectivity index is 1.67. The van der Waals surface area contributed by atoms with Gasteiger partial charge in [0.25, 0.3) is 0 Å². The zero-order valence-corrected chi connectivity index (χ0v) is 12.4. The van der Waals surface area contributed by atoms with E-state index in [0.717, 1.165) is 12.0 Å². The minimum Gasteiger partial charge on any atom is -0.299 e. The molecule has 0 radical (unpaired) electrons. The molecular formula is C17H14BrFO. The largest absolute Gasteiger partial charge is 0.299 e. The lowest BCUT2D eigenvalue weighted by atomic mass is 10.0. The number of benzene rings is 2. The van der Waals surface area contributed by atoms with Crippen LogP contribution < -0.4 is 0 Å². The lowest BCUT2D eigenvalue weighted by molar-refractivity contribution is -0.119. The van der Waals surface area contributed by atoms with Crippen LogP contribution in [0, 0.1) is 11.7 Å². The molecule has 2 aromatic rings. The highest BCUT2D eigenvalue weighted by Crippen LogP contribution is 2.48. The van der Waals surface area contributed by atoms with Crippen molar-refractivity contribution in [2.24, 2.45) is 5.92 Å². The highest BCUT2D eigenvalue weighted by atomic mass is 79.9. The predicted octanol–water partition coefficient (Wildman–Crippen LogP) is 4.50. The molecule has 1 fully saturated rings. The second kappa shape index (κ2) is 5.49. The van der Waals surface area contributed by atoms with Crippen molar-refractivity contribution in [2.75, 3.05) is 0 Å². The number of rotatable bonds is 4. The first kappa shape index (κ1) is 13.5. The van der Waals surface area contributed by atoms with Crippen molar-refractivity contribution in [1.82, 2.24) is 0 Å². The Kier molecular flexibility index (Phi) is 3.70. The molecule has 0 N–H and O–H groups in total. The summed E-state index contributed by atoms with van der Waals surface area (Å²) in [6.07, 6.45) is 1.30. The molecule has 20 heavy (non-hydrogen) atoms. The summed E-state index contributed by atoms with van der Waals surface area (Å²) in [7, 11) is 0. The van der Waals surface area contributed by atoms with E-state index < -0.39 is 0 Å². The maximum atomic E-state index is 13.0. The van der Waals surface area contributed by atoms with Crippen molar-refractivity contribution in [3.05, 3.63) is 69.9 Å². The fourth-order valence-corrected chi connectivity index (χ4v) is 3.09. The van der Waals surface area contributed by atoms with Gasteiger partial charge in [-0.15, -0.1) is 0 Å². The summed E-state index contributed by atoms with van der Waals surface area (Å²) in [5, 5.41) is 0. The molecule has 0 saturated heterocycles. The molecule has 0 heterocycles. The van der Waals surface area contributed by atoms with Crippen LogP contribution >= 0.6 is 15.9 Å². The van der Waals surface area contributed by atoms with Gasteiger partial charge in [-0.3, -0.25) is 4.79 Å². The van der Waals surface area contributed by atoms with Crippen molar-refractivity contribution in [3.63, 3.8) is 0 Å². The third-order valence-electron chi connectivity index (χ3n) is 3.81. The summed E-state index contributed by atoms with van der Waals surface area (Å²) in [6, 6.07) is 14.6. The molecular weight excluding hydrogens is 319 g/mol. The summed E-state index contributed by atoms with van der Waals surface area (Å²) in [5.41, 5.74) is 2.10. The smallest absolute Gasteiger partial charge is 0.141 e. The van der Waals surface area contributed by atoms with Gasteiger partial charge in [0.05, 0.1) is 0 Å². The molecule has 1 nitrogen and oxygen atoms in total. The summed E-state index contributed by atoms with van der Waals surface area (Å²) >= 11 is 3.31. The minimum atomic E-state index is -0.290. The van der Waals surface area contributed by atoms with Gasteiger partial charge in [0.15, 0.2) is 0 Å². The Labute approximate surface area is 126 Å². The molecule has 0 aliphatic heterocycles. The Morgan fingerprint density at radius 2 is 1.95 bits per heavy atom. The van der Waals surface area contributed by atoms with E-state index in [1.807, 2.05) is 18.2 Å². The van der Waals surface area contributed by atoms with E-state index in [2.05, 4.69) is 28.1 Å². The van der Waals surface area contributed by atoms with Crippen LogP contribution in [0.2, 0.25) is 0 Å². The van der Waals surface area contributed by atoms with E-state index in [1.54, 1.807) is 6.07 Å². The number of carbonyl (C=O) groups excluding carboxylic acids is 1. The highest BCUT2D eigenvalue weighted by molar-refractivity contribution is 9.10. The lowest BCUT2D eigenvalue weighted by Gasteiger charge is -2.04. The summed E-state index contributed by atoms with van der Waals surface area (Å²) in [6.45, 7) is 0. The second-order valence-corrected chi connectivity index (χ2v) is 6.09. The van der Waals surface area contributed by atoms with Crippen LogP contribution in [0.4, 0.5) is 4.39 Å². The molecule has 0 spiro atoms. The van der Waals surface area contributed by atoms with Gasteiger partial charge in [0.1, 0.15) is 11.6 Å². The fourth-order valence-electron chi connectivity index (χ4n) is 2.60. The Morgan fingerprint density at radius 1 is 1.20 bits per heavy atom. The molecule has 1 aliphatic carbocycles. The van der Waals surface area contributed by atoms with E-state index in [1.165, 1.54) is 17.7 Å². The Hall–Kier alpha value is -1.48. The monoisotopic (exact) mass is 332 g/mol. The van der Waals surface area contributed by atoms with Gasteiger partial charge in [-0.25, -0.2) is 4.39 Å². The molecule has 1 aliphatic rings. The van der Waals surface area contributed by atoms with Crippen LogP contribution in [0.1, 0.15) is 23.5 Å². The quantitative estimate of drug-likeness (QED) is 0.805. The molecule has 2 aromatic carbocycles. The van der Waals surface area contributed by atoms with Crippen molar-refractivity contribution in [2.45, 2.75) is 18.8 Å². The number of Topliss-reactive ketones (excluding diaryl/α,β-unsaturated/α-hetero) is 1. The maximum absolute atomic E-state index is 13.0. The lowest BCUT2D eigenvalue weighted by Crippen LogP contribution is -2.07. The molecule has 0 aromatic heterocycles. The molecule has 3 rings (SSSR count). The van der Waals surface area contributed by atoms with Gasteiger partial charge in [-0.1, -0.05) is 52.3 Å². The number of halogens is 2. The van der Waals surface area contributed by atoms with E-state index in [-0.39, 0.29) is 17.5 Å². The summed E-state index contributed by atoms with van der Waals surface area (Å²) in [4.78, 5) is 12.3. The van der Waals surface area contributed by atoms with Crippen molar-refractivity contribution < 1.29 is 9.18 Å². The SMILES string of the molecule is O=C(Cc1ccc(F)cc1Br)C1CC1c1ccccc1. The average molecular weight is 333 g/mol. The molecule has 0 amide bonds. The van der Waals surface area contributed by atoms with Gasteiger partial charge < -0.3 is 0 Å². The number of ketones is 1. The maximum Gasteiger partial charge on any atom is 0.141 e. The molecule has 2 atom stereocenters. The van der Waals surface area contributed by atoms with Gasteiger partial charge in [-0.05, 0) is 35.6 Å². The van der Waals surface area contributed by atoms with E-state index in [9.17, 15) is 9.18 Å². The van der Waals surface area contributed by atoms with Gasteiger partial charge in [0, 0.05) is 16.8 Å². The molecule has 0 bridgehead atoms. The second-order valence-electron chi connectivity index (χ2n) is 5.24. The average Bonchev–Trinajstić information content (AvgIpc) is 3.23. The summed E-state index contributed by atoms with van der Waals surface area (Å²) in [5.74, 6) is 0.435. The minimum absolute atomic E-state index is 0.120. The number of carbonyl (C=O) groups is 1. The zero-order valence-electron chi connectivity index (χ0n) is 10.9. The Morgan fingerprint density at radius 3 is 2.65 bits per heavy atom. The normalized spacial score (nSPS) is 20.7. The third kappa shape index (κ3) is 2.83. The fraction of sp³-hybridized carbons (Fsp3) is 0.235. The topological polar surface area (TPSA) is 17.1 Å².